The molecule has 0 radical (unpaired) electrons. The van der Waals surface area contributed by atoms with Crippen molar-refractivity contribution < 1.29 is 23.9 Å². The van der Waals surface area contributed by atoms with Crippen molar-refractivity contribution in [3.63, 3.8) is 0 Å². The number of carbonyl (C=O) groups is 4. The molecule has 1 aromatic carbocycles. The maximum absolute atomic E-state index is 13.2. The number of nitrogens with one attached hydrogen (secondary N) is 3. The summed E-state index contributed by atoms with van der Waals surface area (Å²) in [7, 11) is 0. The summed E-state index contributed by atoms with van der Waals surface area (Å²) >= 11 is 0. The van der Waals surface area contributed by atoms with Gasteiger partial charge in [0.05, 0.1) is 17.9 Å². The molecule has 0 spiro atoms. The van der Waals surface area contributed by atoms with Crippen LogP contribution in [-0.4, -0.2) is 45.8 Å². The molecule has 1 aromatic heterocycles. The van der Waals surface area contributed by atoms with Crippen LogP contribution in [0, 0.1) is 6.92 Å². The molecular weight excluding hydrogens is 462 g/mol. The average Bonchev–Trinajstić information content (AvgIpc) is 3.19. The van der Waals surface area contributed by atoms with Crippen molar-refractivity contribution in [3.8, 4) is 0 Å². The lowest BCUT2D eigenvalue weighted by atomic mass is 9.93. The quantitative estimate of drug-likeness (QED) is 0.560. The number of anilines is 2. The van der Waals surface area contributed by atoms with E-state index >= 15 is 0 Å². The van der Waals surface area contributed by atoms with Crippen LogP contribution in [0.5, 0.6) is 0 Å². The molecule has 3 N–H and O–H groups in total. The molecule has 1 saturated heterocycles. The summed E-state index contributed by atoms with van der Waals surface area (Å²) in [5.41, 5.74) is 2.77. The second-order valence-electron chi connectivity index (χ2n) is 10.1. The summed E-state index contributed by atoms with van der Waals surface area (Å²) in [6.45, 7) is 7.95. The van der Waals surface area contributed by atoms with Gasteiger partial charge in [-0.25, -0.2) is 9.78 Å². The predicted octanol–water partition coefficient (Wildman–Crippen LogP) is 3.67. The molecule has 2 aliphatic rings. The van der Waals surface area contributed by atoms with Gasteiger partial charge in [-0.05, 0) is 75.8 Å². The van der Waals surface area contributed by atoms with Crippen molar-refractivity contribution in [2.75, 3.05) is 17.2 Å². The minimum atomic E-state index is -0.756. The zero-order valence-corrected chi connectivity index (χ0v) is 20.9. The zero-order chi connectivity index (χ0) is 26.0. The average molecular weight is 494 g/mol. The third kappa shape index (κ3) is 5.64. The van der Waals surface area contributed by atoms with Crippen LogP contribution in [0.2, 0.25) is 0 Å². The first-order valence-electron chi connectivity index (χ1n) is 12.0. The molecule has 10 heteroatoms. The fourth-order valence-electron chi connectivity index (χ4n) is 4.47. The van der Waals surface area contributed by atoms with E-state index in [0.717, 1.165) is 30.4 Å². The number of amides is 4. The smallest absolute Gasteiger partial charge is 0.413 e. The van der Waals surface area contributed by atoms with Gasteiger partial charge in [-0.15, -0.1) is 0 Å². The minimum Gasteiger partial charge on any atom is -0.444 e. The molecule has 4 rings (SSSR count). The maximum Gasteiger partial charge on any atom is 0.413 e. The van der Waals surface area contributed by atoms with Crippen LogP contribution in [0.4, 0.5) is 16.3 Å². The highest BCUT2D eigenvalue weighted by Crippen LogP contribution is 2.33. The summed E-state index contributed by atoms with van der Waals surface area (Å²) in [6, 6.07) is 6.99. The largest absolute Gasteiger partial charge is 0.444 e. The highest BCUT2D eigenvalue weighted by atomic mass is 16.6. The van der Waals surface area contributed by atoms with Crippen molar-refractivity contribution in [2.45, 2.75) is 65.1 Å². The van der Waals surface area contributed by atoms with E-state index in [9.17, 15) is 19.2 Å². The Kier molecular flexibility index (Phi) is 6.96. The molecule has 190 valence electrons. The molecule has 0 saturated carbocycles. The van der Waals surface area contributed by atoms with Gasteiger partial charge in [-0.1, -0.05) is 12.1 Å². The van der Waals surface area contributed by atoms with Gasteiger partial charge in [0.25, 0.3) is 5.91 Å². The second-order valence-corrected chi connectivity index (χ2v) is 10.1. The number of pyridine rings is 1. The Morgan fingerprint density at radius 1 is 1.14 bits per heavy atom. The Balaban J connectivity index is 1.44. The van der Waals surface area contributed by atoms with E-state index in [4.69, 9.17) is 4.74 Å². The minimum absolute atomic E-state index is 0.0938. The molecule has 0 unspecified atom stereocenters. The van der Waals surface area contributed by atoms with Gasteiger partial charge in [0.15, 0.2) is 0 Å². The summed E-state index contributed by atoms with van der Waals surface area (Å²) in [4.78, 5) is 55.7. The maximum atomic E-state index is 13.2. The van der Waals surface area contributed by atoms with E-state index in [1.165, 1.54) is 6.20 Å². The van der Waals surface area contributed by atoms with Crippen molar-refractivity contribution in [1.82, 2.24) is 15.2 Å². The lowest BCUT2D eigenvalue weighted by Crippen LogP contribution is -2.44. The van der Waals surface area contributed by atoms with Crippen LogP contribution < -0.4 is 16.0 Å². The molecule has 36 heavy (non-hydrogen) atoms. The molecule has 10 nitrogen and oxygen atoms in total. The van der Waals surface area contributed by atoms with E-state index in [-0.39, 0.29) is 11.9 Å². The van der Waals surface area contributed by atoms with Gasteiger partial charge in [0, 0.05) is 18.7 Å². The molecule has 4 amide bonds. The predicted molar refractivity (Wildman–Crippen MR) is 133 cm³/mol. The normalized spacial score (nSPS) is 17.2. The number of nitrogens with zero attached hydrogens (tertiary/aromatic N) is 2. The van der Waals surface area contributed by atoms with E-state index in [0.29, 0.717) is 35.7 Å². The van der Waals surface area contributed by atoms with Gasteiger partial charge < -0.3 is 20.3 Å². The van der Waals surface area contributed by atoms with Crippen LogP contribution in [0.15, 0.2) is 30.5 Å². The third-order valence-electron chi connectivity index (χ3n) is 6.11. The summed E-state index contributed by atoms with van der Waals surface area (Å²) < 4.78 is 5.24. The molecule has 2 aromatic rings. The fraction of sp³-hybridized carbons (Fsp3) is 0.423. The first kappa shape index (κ1) is 25.2. The summed E-state index contributed by atoms with van der Waals surface area (Å²) in [5, 5.41) is 8.01. The monoisotopic (exact) mass is 493 g/mol. The lowest BCUT2D eigenvalue weighted by molar-refractivity contribution is -0.145. The molecule has 0 aliphatic carbocycles. The number of piperidine rings is 1. The lowest BCUT2D eigenvalue weighted by Gasteiger charge is -2.35. The Hall–Kier alpha value is -3.95. The Bertz CT molecular complexity index is 1220. The van der Waals surface area contributed by atoms with Crippen molar-refractivity contribution >= 4 is 35.3 Å². The Labute approximate surface area is 209 Å². The van der Waals surface area contributed by atoms with Crippen molar-refractivity contribution in [1.29, 1.82) is 0 Å². The van der Waals surface area contributed by atoms with E-state index in [2.05, 4.69) is 20.9 Å². The number of hydrogen-bond donors (Lipinski definition) is 3. The highest BCUT2D eigenvalue weighted by Gasteiger charge is 2.33. The molecular formula is C26H31N5O5. The molecule has 1 atom stereocenters. The molecule has 3 heterocycles. The third-order valence-corrected chi connectivity index (χ3v) is 6.11. The number of fused-ring (bicyclic) bond motifs is 1. The van der Waals surface area contributed by atoms with Crippen molar-refractivity contribution in [2.24, 2.45) is 0 Å². The van der Waals surface area contributed by atoms with Gasteiger partial charge in [-0.2, -0.15) is 0 Å². The van der Waals surface area contributed by atoms with Crippen LogP contribution in [0.1, 0.15) is 73.1 Å². The Morgan fingerprint density at radius 3 is 2.64 bits per heavy atom. The van der Waals surface area contributed by atoms with Crippen molar-refractivity contribution in [3.05, 3.63) is 52.7 Å². The summed E-state index contributed by atoms with van der Waals surface area (Å²) in [5.74, 6) is -1.17. The van der Waals surface area contributed by atoms with Gasteiger partial charge in [0.1, 0.15) is 11.4 Å². The SMILES string of the molecule is Cc1cc(NC(=O)C(=O)N2CCCC[C@H]2c2ccc3c(c2)CNC3=O)cnc1NC(=O)OC(C)(C)C. The number of aryl methyl sites for hydroxylation is 1. The van der Waals surface area contributed by atoms with Gasteiger partial charge in [0.2, 0.25) is 0 Å². The number of likely N-dealkylation sites (tertiary alicyclic amines) is 1. The van der Waals surface area contributed by atoms with E-state index < -0.39 is 23.5 Å². The standard InChI is InChI=1S/C26H31N5O5/c1-15-11-18(14-27-21(15)30-25(35)36-26(2,3)4)29-23(33)24(34)31-10-6-5-7-20(31)16-8-9-19-17(12-16)13-28-22(19)32/h8-9,11-12,14,20H,5-7,10,13H2,1-4H3,(H,28,32)(H,29,33)(H,27,30,35)/t20-/m0/s1. The van der Waals surface area contributed by atoms with Crippen LogP contribution in [-0.2, 0) is 20.9 Å². The first-order chi connectivity index (χ1) is 17.0. The van der Waals surface area contributed by atoms with Crippen LogP contribution in [0.25, 0.3) is 0 Å². The van der Waals surface area contributed by atoms with Crippen LogP contribution in [0.3, 0.4) is 0 Å². The van der Waals surface area contributed by atoms with E-state index in [1.54, 1.807) is 44.7 Å². The number of carbonyl (C=O) groups excluding carboxylic acids is 4. The topological polar surface area (TPSA) is 130 Å². The van der Waals surface area contributed by atoms with Gasteiger partial charge >= 0.3 is 17.9 Å². The molecule has 1 fully saturated rings. The molecule has 2 aliphatic heterocycles. The number of hydrogen-bond acceptors (Lipinski definition) is 6. The number of rotatable bonds is 3. The highest BCUT2D eigenvalue weighted by molar-refractivity contribution is 6.39. The van der Waals surface area contributed by atoms with Gasteiger partial charge in [-0.3, -0.25) is 19.7 Å². The zero-order valence-electron chi connectivity index (χ0n) is 20.9. The first-order valence-corrected chi connectivity index (χ1v) is 12.0. The second kappa shape index (κ2) is 9.96. The summed E-state index contributed by atoms with van der Waals surface area (Å²) in [6.07, 6.45) is 3.24. The number of ether oxygens (including phenoxy) is 1. The fourth-order valence-corrected chi connectivity index (χ4v) is 4.47. The number of benzene rings is 1. The number of aromatic nitrogens is 1. The Morgan fingerprint density at radius 2 is 1.92 bits per heavy atom. The van der Waals surface area contributed by atoms with Crippen LogP contribution >= 0.6 is 0 Å². The molecule has 0 bridgehead atoms. The van der Waals surface area contributed by atoms with E-state index in [1.807, 2.05) is 12.1 Å².